The monoisotopic (exact) mass is 230 g/mol. The summed E-state index contributed by atoms with van der Waals surface area (Å²) < 4.78 is 0. The van der Waals surface area contributed by atoms with Gasteiger partial charge in [0.15, 0.2) is 0 Å². The average Bonchev–Trinajstić information content (AvgIpc) is 2.00. The molecule has 0 aliphatic heterocycles. The fraction of sp³-hybridized carbons (Fsp3) is 0.917. The van der Waals surface area contributed by atoms with E-state index in [2.05, 4.69) is 5.32 Å². The molecule has 0 aromatic rings. The molecule has 0 fully saturated rings. The van der Waals surface area contributed by atoms with Gasteiger partial charge in [0.1, 0.15) is 0 Å². The second-order valence-corrected chi connectivity index (χ2v) is 6.20. The van der Waals surface area contributed by atoms with Gasteiger partial charge in [-0.1, -0.05) is 0 Å². The molecule has 0 aliphatic carbocycles. The molecular formula is C12H26N2O2. The van der Waals surface area contributed by atoms with Gasteiger partial charge in [-0.05, 0) is 48.5 Å². The number of nitrogens with one attached hydrogen (secondary N) is 1. The zero-order valence-corrected chi connectivity index (χ0v) is 11.5. The van der Waals surface area contributed by atoms with Gasteiger partial charge in [0.2, 0.25) is 5.91 Å². The molecule has 4 heteroatoms. The van der Waals surface area contributed by atoms with Crippen LogP contribution in [0.5, 0.6) is 0 Å². The van der Waals surface area contributed by atoms with E-state index < -0.39 is 22.6 Å². The summed E-state index contributed by atoms with van der Waals surface area (Å²) in [5.41, 5.74) is 4.02. The molecule has 0 aromatic carbocycles. The van der Waals surface area contributed by atoms with E-state index in [1.807, 2.05) is 13.8 Å². The Bertz CT molecular complexity index is 263. The highest BCUT2D eigenvalue weighted by Gasteiger charge is 2.42. The highest BCUT2D eigenvalue weighted by molar-refractivity contribution is 5.84. The summed E-state index contributed by atoms with van der Waals surface area (Å²) in [6, 6.07) is 0. The minimum Gasteiger partial charge on any atom is -0.391 e. The molecule has 1 atom stereocenters. The molecule has 1 unspecified atom stereocenters. The lowest BCUT2D eigenvalue weighted by Gasteiger charge is -2.40. The van der Waals surface area contributed by atoms with Gasteiger partial charge >= 0.3 is 0 Å². The lowest BCUT2D eigenvalue weighted by molar-refractivity contribution is -0.135. The van der Waals surface area contributed by atoms with Crippen LogP contribution >= 0.6 is 0 Å². The van der Waals surface area contributed by atoms with Crippen LogP contribution in [0.2, 0.25) is 0 Å². The Hall–Kier alpha value is -0.610. The molecule has 0 rings (SSSR count). The summed E-state index contributed by atoms with van der Waals surface area (Å²) in [4.78, 5) is 12.1. The second kappa shape index (κ2) is 4.34. The van der Waals surface area contributed by atoms with E-state index >= 15 is 0 Å². The Morgan fingerprint density at radius 3 is 1.81 bits per heavy atom. The van der Waals surface area contributed by atoms with Gasteiger partial charge < -0.3 is 16.2 Å². The van der Waals surface area contributed by atoms with E-state index in [0.29, 0.717) is 0 Å². The van der Waals surface area contributed by atoms with E-state index in [4.69, 9.17) is 5.73 Å². The van der Waals surface area contributed by atoms with Gasteiger partial charge in [0.05, 0.1) is 17.1 Å². The summed E-state index contributed by atoms with van der Waals surface area (Å²) in [6.45, 7) is 12.5. The highest BCUT2D eigenvalue weighted by Crippen LogP contribution is 2.29. The van der Waals surface area contributed by atoms with E-state index in [0.717, 1.165) is 0 Å². The number of nitrogens with two attached hydrogens (primary N) is 1. The molecule has 96 valence electrons. The summed E-state index contributed by atoms with van der Waals surface area (Å²) in [7, 11) is 0. The van der Waals surface area contributed by atoms with Crippen LogP contribution in [0, 0.1) is 5.41 Å². The number of carbonyl (C=O) groups excluding carboxylic acids is 1. The predicted octanol–water partition coefficient (Wildman–Crippen LogP) is 1.03. The zero-order chi connectivity index (χ0) is 13.4. The first kappa shape index (κ1) is 15.4. The maximum atomic E-state index is 12.1. The van der Waals surface area contributed by atoms with Crippen LogP contribution in [0.3, 0.4) is 0 Å². The number of aliphatic hydroxyl groups excluding tert-OH is 1. The quantitative estimate of drug-likeness (QED) is 0.675. The third-order valence-electron chi connectivity index (χ3n) is 3.66. The first-order valence-corrected chi connectivity index (χ1v) is 5.62. The van der Waals surface area contributed by atoms with Crippen molar-refractivity contribution in [1.29, 1.82) is 0 Å². The van der Waals surface area contributed by atoms with Crippen molar-refractivity contribution in [3.8, 4) is 0 Å². The normalized spacial score (nSPS) is 15.8. The SMILES string of the molecule is CC(O)C(C)(C)NC(=O)C(C)(C)C(C)(C)N. The van der Waals surface area contributed by atoms with Gasteiger partial charge in [0.25, 0.3) is 0 Å². The summed E-state index contributed by atoms with van der Waals surface area (Å²) in [5, 5.41) is 12.4. The van der Waals surface area contributed by atoms with Crippen molar-refractivity contribution < 1.29 is 9.90 Å². The average molecular weight is 230 g/mol. The number of aliphatic hydroxyl groups is 1. The Morgan fingerprint density at radius 2 is 1.56 bits per heavy atom. The molecule has 0 saturated carbocycles. The number of rotatable bonds is 4. The maximum absolute atomic E-state index is 12.1. The molecule has 0 spiro atoms. The van der Waals surface area contributed by atoms with Crippen LogP contribution in [0.1, 0.15) is 48.5 Å². The van der Waals surface area contributed by atoms with E-state index in [-0.39, 0.29) is 5.91 Å². The standard InChI is InChI=1S/C12H26N2O2/c1-8(15)11(4,5)14-9(16)10(2,3)12(6,7)13/h8,15H,13H2,1-7H3,(H,14,16). The fourth-order valence-corrected chi connectivity index (χ4v) is 0.846. The number of hydrogen-bond acceptors (Lipinski definition) is 3. The fourth-order valence-electron chi connectivity index (χ4n) is 0.846. The summed E-state index contributed by atoms with van der Waals surface area (Å²) >= 11 is 0. The van der Waals surface area contributed by atoms with Crippen LogP contribution in [-0.2, 0) is 4.79 Å². The third-order valence-corrected chi connectivity index (χ3v) is 3.66. The number of amides is 1. The summed E-state index contributed by atoms with van der Waals surface area (Å²) in [5.74, 6) is -0.147. The van der Waals surface area contributed by atoms with Gasteiger partial charge in [0, 0.05) is 5.54 Å². The molecule has 4 nitrogen and oxygen atoms in total. The first-order chi connectivity index (χ1) is 6.82. The van der Waals surface area contributed by atoms with Crippen LogP contribution in [0.25, 0.3) is 0 Å². The van der Waals surface area contributed by atoms with Crippen molar-refractivity contribution in [2.24, 2.45) is 11.1 Å². The molecule has 1 amide bonds. The number of carbonyl (C=O) groups is 1. The van der Waals surface area contributed by atoms with Crippen molar-refractivity contribution in [1.82, 2.24) is 5.32 Å². The lowest BCUT2D eigenvalue weighted by Crippen LogP contribution is -2.61. The van der Waals surface area contributed by atoms with E-state index in [1.54, 1.807) is 34.6 Å². The summed E-state index contributed by atoms with van der Waals surface area (Å²) in [6.07, 6.45) is -0.617. The number of hydrogen-bond donors (Lipinski definition) is 3. The molecule has 0 aromatic heterocycles. The van der Waals surface area contributed by atoms with Gasteiger partial charge in [-0.15, -0.1) is 0 Å². The van der Waals surface area contributed by atoms with E-state index in [9.17, 15) is 9.90 Å². The van der Waals surface area contributed by atoms with E-state index in [1.165, 1.54) is 0 Å². The van der Waals surface area contributed by atoms with Crippen LogP contribution in [0.15, 0.2) is 0 Å². The first-order valence-electron chi connectivity index (χ1n) is 5.62. The highest BCUT2D eigenvalue weighted by atomic mass is 16.3. The van der Waals surface area contributed by atoms with Crippen molar-refractivity contribution >= 4 is 5.91 Å². The van der Waals surface area contributed by atoms with Crippen LogP contribution in [-0.4, -0.2) is 28.2 Å². The second-order valence-electron chi connectivity index (χ2n) is 6.20. The van der Waals surface area contributed by atoms with Crippen molar-refractivity contribution in [2.75, 3.05) is 0 Å². The maximum Gasteiger partial charge on any atom is 0.227 e. The molecule has 0 radical (unpaired) electrons. The molecule has 0 bridgehead atoms. The van der Waals surface area contributed by atoms with Gasteiger partial charge in [-0.25, -0.2) is 0 Å². The minimum absolute atomic E-state index is 0.147. The molecule has 0 aliphatic rings. The molecule has 16 heavy (non-hydrogen) atoms. The Labute approximate surface area is 98.6 Å². The Morgan fingerprint density at radius 1 is 1.19 bits per heavy atom. The topological polar surface area (TPSA) is 75.3 Å². The van der Waals surface area contributed by atoms with Gasteiger partial charge in [-0.2, -0.15) is 0 Å². The third kappa shape index (κ3) is 3.19. The smallest absolute Gasteiger partial charge is 0.227 e. The molecule has 0 saturated heterocycles. The van der Waals surface area contributed by atoms with Crippen molar-refractivity contribution in [3.05, 3.63) is 0 Å². The largest absolute Gasteiger partial charge is 0.391 e. The Kier molecular flexibility index (Phi) is 4.17. The van der Waals surface area contributed by atoms with Crippen molar-refractivity contribution in [2.45, 2.75) is 65.6 Å². The van der Waals surface area contributed by atoms with Gasteiger partial charge in [-0.3, -0.25) is 4.79 Å². The minimum atomic E-state index is -0.695. The predicted molar refractivity (Wildman–Crippen MR) is 65.9 cm³/mol. The molecule has 0 heterocycles. The lowest BCUT2D eigenvalue weighted by atomic mass is 9.74. The van der Waals surface area contributed by atoms with Crippen LogP contribution < -0.4 is 11.1 Å². The zero-order valence-electron chi connectivity index (χ0n) is 11.5. The van der Waals surface area contributed by atoms with Crippen molar-refractivity contribution in [3.63, 3.8) is 0 Å². The molecule has 4 N–H and O–H groups in total. The Balaban J connectivity index is 4.86. The molecular weight excluding hydrogens is 204 g/mol. The van der Waals surface area contributed by atoms with Crippen LogP contribution in [0.4, 0.5) is 0 Å².